The molecule has 2 heterocycles. The number of piperidine rings is 1. The van der Waals surface area contributed by atoms with Gasteiger partial charge in [-0.25, -0.2) is 0 Å². The number of ether oxygens (including phenoxy) is 1. The van der Waals surface area contributed by atoms with Crippen molar-refractivity contribution in [1.29, 1.82) is 0 Å². The van der Waals surface area contributed by atoms with Gasteiger partial charge in [-0.15, -0.1) is 0 Å². The lowest BCUT2D eigenvalue weighted by atomic mass is 9.52. The van der Waals surface area contributed by atoms with E-state index in [2.05, 4.69) is 31.0 Å². The standard InChI is InChI=1S/C30H48N2O3/c1-19-14-29-28(32(17-19)13-12-31-21(3)33)7-5-6-24-25-9-8-22-15-23(34)10-11-30(22,4)27(25)16-26(24)20(2)18-35-29/h19,22,24-25,27-29H,5-18H2,1-4H3,(H,31,33)/b26-20-/t19-,22+,24-,25-,27-,28-,29+,30-/m0/s1. The molecule has 3 aliphatic carbocycles. The van der Waals surface area contributed by atoms with E-state index in [1.54, 1.807) is 12.5 Å². The summed E-state index contributed by atoms with van der Waals surface area (Å²) in [6.07, 6.45) is 11.8. The van der Waals surface area contributed by atoms with Crippen LogP contribution in [0.2, 0.25) is 0 Å². The highest BCUT2D eigenvalue weighted by Crippen LogP contribution is 2.63. The molecule has 0 aromatic carbocycles. The second-order valence-electron chi connectivity index (χ2n) is 13.1. The fourth-order valence-electron chi connectivity index (χ4n) is 9.07. The molecule has 5 rings (SSSR count). The van der Waals surface area contributed by atoms with Crippen LogP contribution >= 0.6 is 0 Å². The summed E-state index contributed by atoms with van der Waals surface area (Å²) in [6.45, 7) is 12.4. The molecule has 2 aliphatic heterocycles. The summed E-state index contributed by atoms with van der Waals surface area (Å²) in [5.41, 5.74) is 3.57. The van der Waals surface area contributed by atoms with Gasteiger partial charge in [-0.2, -0.15) is 0 Å². The molecule has 5 aliphatic rings. The second-order valence-corrected chi connectivity index (χ2v) is 13.1. The number of hydrogen-bond acceptors (Lipinski definition) is 4. The Kier molecular flexibility index (Phi) is 7.48. The Balaban J connectivity index is 1.33. The minimum absolute atomic E-state index is 0.0589. The molecule has 5 nitrogen and oxygen atoms in total. The van der Waals surface area contributed by atoms with Crippen LogP contribution in [0.1, 0.15) is 91.9 Å². The molecule has 5 heteroatoms. The first kappa shape index (κ1) is 25.4. The van der Waals surface area contributed by atoms with Gasteiger partial charge in [0.05, 0.1) is 12.7 Å². The van der Waals surface area contributed by atoms with Crippen molar-refractivity contribution in [3.05, 3.63) is 11.1 Å². The summed E-state index contributed by atoms with van der Waals surface area (Å²) in [4.78, 5) is 26.3. The van der Waals surface area contributed by atoms with E-state index in [9.17, 15) is 9.59 Å². The average Bonchev–Trinajstić information content (AvgIpc) is 3.19. The first-order valence-corrected chi connectivity index (χ1v) is 14.6. The number of hydrogen-bond donors (Lipinski definition) is 1. The maximum Gasteiger partial charge on any atom is 0.216 e. The van der Waals surface area contributed by atoms with E-state index in [1.165, 1.54) is 44.1 Å². The van der Waals surface area contributed by atoms with Crippen molar-refractivity contribution in [2.45, 2.75) is 104 Å². The molecule has 4 fully saturated rings. The van der Waals surface area contributed by atoms with Gasteiger partial charge in [-0.1, -0.05) is 25.8 Å². The predicted molar refractivity (Wildman–Crippen MR) is 139 cm³/mol. The number of carbonyl (C=O) groups is 2. The Morgan fingerprint density at radius 1 is 1.20 bits per heavy atom. The normalized spacial score (nSPS) is 44.6. The average molecular weight is 485 g/mol. The van der Waals surface area contributed by atoms with Crippen molar-refractivity contribution in [2.24, 2.45) is 35.0 Å². The zero-order chi connectivity index (χ0) is 24.7. The third kappa shape index (κ3) is 5.01. The molecular weight excluding hydrogens is 436 g/mol. The fraction of sp³-hybridized carbons (Fsp3) is 0.867. The monoisotopic (exact) mass is 484 g/mol. The summed E-state index contributed by atoms with van der Waals surface area (Å²) in [5.74, 6) is 4.06. The van der Waals surface area contributed by atoms with Crippen LogP contribution in [-0.4, -0.2) is 55.0 Å². The van der Waals surface area contributed by atoms with Gasteiger partial charge in [0, 0.05) is 45.4 Å². The maximum absolute atomic E-state index is 12.2. The molecule has 0 bridgehead atoms. The smallest absolute Gasteiger partial charge is 0.216 e. The fourth-order valence-corrected chi connectivity index (χ4v) is 9.07. The Morgan fingerprint density at radius 2 is 2.03 bits per heavy atom. The molecule has 1 amide bonds. The second kappa shape index (κ2) is 10.3. The molecule has 0 radical (unpaired) electrons. The number of fused-ring (bicyclic) bond motifs is 6. The lowest BCUT2D eigenvalue weighted by Crippen LogP contribution is -2.54. The molecular formula is C30H48N2O3. The van der Waals surface area contributed by atoms with Crippen molar-refractivity contribution in [2.75, 3.05) is 26.2 Å². The number of likely N-dealkylation sites (tertiary alicyclic amines) is 1. The predicted octanol–water partition coefficient (Wildman–Crippen LogP) is 5.14. The number of rotatable bonds is 3. The van der Waals surface area contributed by atoms with E-state index in [0.717, 1.165) is 63.8 Å². The van der Waals surface area contributed by atoms with Gasteiger partial charge in [0.15, 0.2) is 0 Å². The number of nitrogens with one attached hydrogen (secondary N) is 1. The molecule has 0 spiro atoms. The van der Waals surface area contributed by atoms with Crippen LogP contribution in [0.3, 0.4) is 0 Å². The number of allylic oxidation sites excluding steroid dienone is 1. The molecule has 35 heavy (non-hydrogen) atoms. The molecule has 8 atom stereocenters. The van der Waals surface area contributed by atoms with Crippen molar-refractivity contribution in [3.63, 3.8) is 0 Å². The number of ketones is 1. The van der Waals surface area contributed by atoms with E-state index in [1.807, 2.05) is 0 Å². The first-order valence-electron chi connectivity index (χ1n) is 14.6. The Bertz CT molecular complexity index is 853. The highest BCUT2D eigenvalue weighted by atomic mass is 16.5. The van der Waals surface area contributed by atoms with Gasteiger partial charge in [-0.3, -0.25) is 14.5 Å². The van der Waals surface area contributed by atoms with E-state index in [4.69, 9.17) is 4.74 Å². The van der Waals surface area contributed by atoms with Gasteiger partial charge >= 0.3 is 0 Å². The van der Waals surface area contributed by atoms with E-state index in [-0.39, 0.29) is 12.0 Å². The number of carbonyl (C=O) groups excluding carboxylic acids is 2. The van der Waals surface area contributed by atoms with Crippen LogP contribution in [-0.2, 0) is 14.3 Å². The summed E-state index contributed by atoms with van der Waals surface area (Å²) < 4.78 is 6.74. The molecule has 1 saturated heterocycles. The minimum Gasteiger partial charge on any atom is -0.372 e. The van der Waals surface area contributed by atoms with E-state index < -0.39 is 0 Å². The Hall–Kier alpha value is -1.20. The number of Topliss-reactive ketones (excluding diaryl/α,β-unsaturated/α-hetero) is 1. The van der Waals surface area contributed by atoms with Crippen LogP contribution < -0.4 is 5.32 Å². The molecule has 0 unspecified atom stereocenters. The molecule has 1 N–H and O–H groups in total. The Morgan fingerprint density at radius 3 is 2.83 bits per heavy atom. The molecule has 3 saturated carbocycles. The van der Waals surface area contributed by atoms with Crippen LogP contribution in [0.4, 0.5) is 0 Å². The van der Waals surface area contributed by atoms with Gasteiger partial charge in [0.25, 0.3) is 0 Å². The van der Waals surface area contributed by atoms with Crippen LogP contribution in [0, 0.1) is 35.0 Å². The summed E-state index contributed by atoms with van der Waals surface area (Å²) >= 11 is 0. The number of nitrogens with zero attached hydrogens (tertiary/aromatic N) is 1. The third-order valence-corrected chi connectivity index (χ3v) is 10.9. The quantitative estimate of drug-likeness (QED) is 0.564. The zero-order valence-electron chi connectivity index (χ0n) is 22.6. The Labute approximate surface area is 212 Å². The van der Waals surface area contributed by atoms with Gasteiger partial charge in [0.1, 0.15) is 5.78 Å². The molecule has 0 aromatic heterocycles. The molecule has 196 valence electrons. The van der Waals surface area contributed by atoms with Crippen molar-refractivity contribution >= 4 is 11.7 Å². The minimum atomic E-state index is 0.0589. The van der Waals surface area contributed by atoms with Crippen molar-refractivity contribution in [1.82, 2.24) is 10.2 Å². The van der Waals surface area contributed by atoms with Crippen LogP contribution in [0.15, 0.2) is 11.1 Å². The largest absolute Gasteiger partial charge is 0.372 e. The third-order valence-electron chi connectivity index (χ3n) is 10.9. The highest BCUT2D eigenvalue weighted by Gasteiger charge is 2.55. The maximum atomic E-state index is 12.2. The lowest BCUT2D eigenvalue weighted by molar-refractivity contribution is -0.129. The highest BCUT2D eigenvalue weighted by molar-refractivity contribution is 5.79. The van der Waals surface area contributed by atoms with Crippen molar-refractivity contribution in [3.8, 4) is 0 Å². The van der Waals surface area contributed by atoms with Gasteiger partial charge in [-0.05, 0) is 92.4 Å². The van der Waals surface area contributed by atoms with Crippen LogP contribution in [0.25, 0.3) is 0 Å². The summed E-state index contributed by atoms with van der Waals surface area (Å²) in [5, 5.41) is 3.00. The van der Waals surface area contributed by atoms with E-state index in [0.29, 0.717) is 35.0 Å². The van der Waals surface area contributed by atoms with Crippen molar-refractivity contribution < 1.29 is 14.3 Å². The zero-order valence-corrected chi connectivity index (χ0v) is 22.6. The summed E-state index contributed by atoms with van der Waals surface area (Å²) in [7, 11) is 0. The number of amides is 1. The SMILES string of the molecule is CC(=O)NCCN1C[C@@H](C)C[C@H]2OC/C(C)=C3/C[C@H]4[C@@H](CC[C@@H]5CC(=O)CC[C@@]54C)[C@@H]3CCC[C@@H]21. The van der Waals surface area contributed by atoms with Crippen LogP contribution in [0.5, 0.6) is 0 Å². The summed E-state index contributed by atoms with van der Waals surface area (Å²) in [6, 6.07) is 0.462. The molecule has 0 aromatic rings. The lowest BCUT2D eigenvalue weighted by Gasteiger charge is -2.52. The van der Waals surface area contributed by atoms with E-state index >= 15 is 0 Å². The first-order chi connectivity index (χ1) is 16.8. The van der Waals surface area contributed by atoms with Gasteiger partial charge < -0.3 is 10.1 Å². The van der Waals surface area contributed by atoms with Gasteiger partial charge in [0.2, 0.25) is 5.91 Å². The topological polar surface area (TPSA) is 58.6 Å².